The Morgan fingerprint density at radius 3 is 1.05 bits per heavy atom. The van der Waals surface area contributed by atoms with Crippen LogP contribution in [0, 0.1) is 0 Å². The molecule has 0 radical (unpaired) electrons. The Bertz CT molecular complexity index is 1950. The Morgan fingerprint density at radius 1 is 0.390 bits per heavy atom. The fraction of sp³-hybridized carbons (Fsp3) is 0.493. The molecule has 0 bridgehead atoms. The van der Waals surface area contributed by atoms with Gasteiger partial charge < -0.3 is 20.1 Å². The van der Waals surface area contributed by atoms with Crippen LogP contribution in [0.25, 0.3) is 0 Å². The third kappa shape index (κ3) is 59.9. The number of carbonyl (C=O) groups is 2. The first-order valence-electron chi connectivity index (χ1n) is 28.9. The predicted molar refractivity (Wildman–Crippen MR) is 329 cm³/mol. The Hall–Kier alpha value is -5.15. The number of hydrogen-bond donors (Lipinski definition) is 2. The summed E-state index contributed by atoms with van der Waals surface area (Å²) in [6, 6.07) is 0. The third-order valence-corrected chi connectivity index (χ3v) is 12.0. The van der Waals surface area contributed by atoms with Gasteiger partial charge in [0.2, 0.25) is 0 Å². The maximum absolute atomic E-state index is 12.7. The summed E-state index contributed by atoms with van der Waals surface area (Å²) in [6.45, 7) is 3.37. The maximum atomic E-state index is 12.7. The van der Waals surface area contributed by atoms with E-state index in [1.807, 2.05) is 12.2 Å². The van der Waals surface area contributed by atoms with Gasteiger partial charge in [-0.1, -0.05) is 234 Å². The van der Waals surface area contributed by atoms with Crippen molar-refractivity contribution < 1.29 is 37.6 Å². The first-order valence-corrected chi connectivity index (χ1v) is 30.4. The van der Waals surface area contributed by atoms with Crippen molar-refractivity contribution in [1.29, 1.82) is 0 Å². The number of esters is 2. The van der Waals surface area contributed by atoms with Gasteiger partial charge in [0.1, 0.15) is 6.61 Å². The minimum Gasteiger partial charge on any atom is -0.462 e. The summed E-state index contributed by atoms with van der Waals surface area (Å²) in [5.74, 6) is -0.962. The molecule has 2 atom stereocenters. The van der Waals surface area contributed by atoms with Crippen molar-refractivity contribution in [3.05, 3.63) is 194 Å². The molecule has 0 fully saturated rings. The van der Waals surface area contributed by atoms with Crippen LogP contribution < -0.4 is 5.73 Å². The molecule has 0 aromatic heterocycles. The lowest BCUT2D eigenvalue weighted by molar-refractivity contribution is -0.161. The average molecular weight is 1080 g/mol. The topological polar surface area (TPSA) is 134 Å². The molecule has 0 aliphatic heterocycles. The first-order chi connectivity index (χ1) is 37.8. The van der Waals surface area contributed by atoms with Crippen molar-refractivity contribution >= 4 is 19.8 Å². The molecule has 0 amide bonds. The molecular formula is C67H102NO8P. The van der Waals surface area contributed by atoms with E-state index in [0.717, 1.165) is 141 Å². The summed E-state index contributed by atoms with van der Waals surface area (Å²) < 4.78 is 32.9. The van der Waals surface area contributed by atoms with Crippen LogP contribution >= 0.6 is 7.82 Å². The molecule has 0 aromatic rings. The van der Waals surface area contributed by atoms with Gasteiger partial charge in [0.05, 0.1) is 13.2 Å². The molecule has 0 rings (SSSR count). The van der Waals surface area contributed by atoms with Crippen LogP contribution in [0.2, 0.25) is 0 Å². The second-order valence-electron chi connectivity index (χ2n) is 18.0. The highest BCUT2D eigenvalue weighted by Gasteiger charge is 2.26. The highest BCUT2D eigenvalue weighted by Crippen LogP contribution is 2.43. The lowest BCUT2D eigenvalue weighted by Gasteiger charge is -2.19. The van der Waals surface area contributed by atoms with Crippen LogP contribution in [-0.4, -0.2) is 49.3 Å². The van der Waals surface area contributed by atoms with E-state index in [-0.39, 0.29) is 32.6 Å². The largest absolute Gasteiger partial charge is 0.472 e. The van der Waals surface area contributed by atoms with Crippen LogP contribution in [0.3, 0.4) is 0 Å². The molecule has 0 spiro atoms. The molecule has 9 nitrogen and oxygen atoms in total. The van der Waals surface area contributed by atoms with Crippen molar-refractivity contribution in [3.63, 3.8) is 0 Å². The summed E-state index contributed by atoms with van der Waals surface area (Å²) in [5, 5.41) is 0. The fourth-order valence-corrected chi connectivity index (χ4v) is 7.57. The second-order valence-corrected chi connectivity index (χ2v) is 19.5. The monoisotopic (exact) mass is 1080 g/mol. The number of hydrogen-bond acceptors (Lipinski definition) is 8. The van der Waals surface area contributed by atoms with E-state index in [4.69, 9.17) is 24.3 Å². The van der Waals surface area contributed by atoms with Crippen molar-refractivity contribution in [2.75, 3.05) is 26.4 Å². The van der Waals surface area contributed by atoms with Gasteiger partial charge in [-0.05, 0) is 128 Å². The van der Waals surface area contributed by atoms with Gasteiger partial charge in [0, 0.05) is 19.4 Å². The van der Waals surface area contributed by atoms with Gasteiger partial charge in [0.25, 0.3) is 0 Å². The minimum atomic E-state index is -4.42. The molecular weight excluding hydrogens is 978 g/mol. The number of phosphoric acid groups is 1. The van der Waals surface area contributed by atoms with E-state index < -0.39 is 32.5 Å². The zero-order valence-electron chi connectivity index (χ0n) is 47.6. The number of allylic oxidation sites excluding steroid dienone is 32. The molecule has 2 unspecified atom stereocenters. The Morgan fingerprint density at radius 2 is 0.701 bits per heavy atom. The lowest BCUT2D eigenvalue weighted by Crippen LogP contribution is -2.29. The molecule has 0 saturated carbocycles. The summed E-state index contributed by atoms with van der Waals surface area (Å²) in [7, 11) is -4.42. The van der Waals surface area contributed by atoms with E-state index >= 15 is 0 Å². The average Bonchev–Trinajstić information content (AvgIpc) is 3.42. The molecule has 428 valence electrons. The van der Waals surface area contributed by atoms with E-state index in [2.05, 4.69) is 196 Å². The molecule has 0 aliphatic rings. The molecule has 3 N–H and O–H groups in total. The van der Waals surface area contributed by atoms with Gasteiger partial charge in [-0.3, -0.25) is 18.6 Å². The second kappa shape index (κ2) is 60.1. The van der Waals surface area contributed by atoms with Gasteiger partial charge >= 0.3 is 19.8 Å². The zero-order chi connectivity index (χ0) is 55.9. The first kappa shape index (κ1) is 71.8. The van der Waals surface area contributed by atoms with Gasteiger partial charge in [-0.15, -0.1) is 0 Å². The lowest BCUT2D eigenvalue weighted by atomic mass is 10.1. The normalized spacial score (nSPS) is 14.5. The molecule has 0 saturated heterocycles. The number of carbonyl (C=O) groups excluding carboxylic acids is 2. The number of ether oxygens (including phenoxy) is 2. The van der Waals surface area contributed by atoms with Crippen LogP contribution in [0.4, 0.5) is 0 Å². The minimum absolute atomic E-state index is 0.0297. The quantitative estimate of drug-likeness (QED) is 0.0264. The number of nitrogens with two attached hydrogens (primary N) is 1. The van der Waals surface area contributed by atoms with Gasteiger partial charge in [-0.25, -0.2) is 4.57 Å². The van der Waals surface area contributed by atoms with Crippen molar-refractivity contribution in [2.24, 2.45) is 5.73 Å². The maximum Gasteiger partial charge on any atom is 0.472 e. The van der Waals surface area contributed by atoms with Crippen LogP contribution in [-0.2, 0) is 32.7 Å². The van der Waals surface area contributed by atoms with E-state index in [9.17, 15) is 19.0 Å². The van der Waals surface area contributed by atoms with Gasteiger partial charge in [0.15, 0.2) is 6.10 Å². The van der Waals surface area contributed by atoms with Gasteiger partial charge in [-0.2, -0.15) is 0 Å². The summed E-state index contributed by atoms with van der Waals surface area (Å²) in [5.41, 5.74) is 5.37. The SMILES string of the molecule is CC/C=C\C/C=C\C/C=C\C/C=C\C/C=C\C/C=C\C/C=C\C/C=C\C/C=C\C/C=C\CCCCCCCCC(=O)OC(COC(=O)CC/C=C\C/C=C\C/C=C\C/C=C\C/C=C\C/C=C\CC)COP(=O)(O)OCCN. The Kier molecular flexibility index (Phi) is 56.1. The Balaban J connectivity index is 4.15. The van der Waals surface area contributed by atoms with Crippen LogP contribution in [0.5, 0.6) is 0 Å². The number of unbranched alkanes of at least 4 members (excludes halogenated alkanes) is 6. The zero-order valence-corrected chi connectivity index (χ0v) is 48.5. The van der Waals surface area contributed by atoms with Crippen molar-refractivity contribution in [3.8, 4) is 0 Å². The Labute approximate surface area is 468 Å². The smallest absolute Gasteiger partial charge is 0.462 e. The van der Waals surface area contributed by atoms with Crippen molar-refractivity contribution in [2.45, 2.75) is 187 Å². The molecule has 10 heteroatoms. The van der Waals surface area contributed by atoms with Crippen molar-refractivity contribution in [1.82, 2.24) is 0 Å². The summed E-state index contributed by atoms with van der Waals surface area (Å²) in [4.78, 5) is 35.1. The van der Waals surface area contributed by atoms with E-state index in [0.29, 0.717) is 12.8 Å². The van der Waals surface area contributed by atoms with Crippen LogP contribution in [0.1, 0.15) is 181 Å². The standard InChI is InChI=1S/C67H102NO8P/c1-3-5-7-9-11-13-15-17-19-21-23-24-25-26-27-28-29-30-31-32-33-34-35-36-37-38-39-40-42-44-46-48-50-52-54-56-58-60-67(70)76-65(64-75-77(71,72)74-62-61-68)63-73-66(69)59-57-55-53-51-49-47-45-43-41-22-20-18-16-14-12-10-8-6-4-2/h5-8,11-14,17-20,23-24,26-27,29-30,32-33,35-36,38-39,41-44,47,49,53,55,65H,3-4,9-10,15-16,21-22,25,28,31,34,37,40,45-46,48,50-52,54,56-64,68H2,1-2H3,(H,71,72)/b7-5-,8-6-,13-11-,14-12-,19-17-,20-18-,24-23-,27-26-,30-29-,33-32-,36-35-,39-38-,43-41-,44-42-,49-47-,55-53-. The third-order valence-electron chi connectivity index (χ3n) is 11.0. The van der Waals surface area contributed by atoms with E-state index in [1.54, 1.807) is 0 Å². The molecule has 0 heterocycles. The summed E-state index contributed by atoms with van der Waals surface area (Å²) >= 11 is 0. The van der Waals surface area contributed by atoms with E-state index in [1.165, 1.54) is 0 Å². The number of phosphoric ester groups is 1. The summed E-state index contributed by atoms with van der Waals surface area (Å²) in [6.07, 6.45) is 92.1. The number of rotatable bonds is 51. The molecule has 0 aliphatic carbocycles. The predicted octanol–water partition coefficient (Wildman–Crippen LogP) is 18.6. The van der Waals surface area contributed by atoms with Crippen LogP contribution in [0.15, 0.2) is 194 Å². The highest BCUT2D eigenvalue weighted by molar-refractivity contribution is 7.47. The fourth-order valence-electron chi connectivity index (χ4n) is 6.80. The molecule has 77 heavy (non-hydrogen) atoms. The molecule has 0 aromatic carbocycles. The highest BCUT2D eigenvalue weighted by atomic mass is 31.2.